The Labute approximate surface area is 76.1 Å². The van der Waals surface area contributed by atoms with Crippen molar-refractivity contribution in [2.75, 3.05) is 20.1 Å². The van der Waals surface area contributed by atoms with E-state index in [2.05, 4.69) is 17.3 Å². The fourth-order valence-corrected chi connectivity index (χ4v) is 1.26. The molecule has 12 heavy (non-hydrogen) atoms. The van der Waals surface area contributed by atoms with Gasteiger partial charge in [0.25, 0.3) is 0 Å². The first-order valence-electron chi connectivity index (χ1n) is 4.95. The molecule has 0 amide bonds. The van der Waals surface area contributed by atoms with Gasteiger partial charge in [-0.1, -0.05) is 27.7 Å². The molecule has 0 spiro atoms. The minimum Gasteiger partial charge on any atom is -0.342 e. The normalized spacial score (nSPS) is 31.8. The minimum absolute atomic E-state index is 0.324. The van der Waals surface area contributed by atoms with E-state index in [1.165, 1.54) is 0 Å². The molecule has 2 heterocycles. The van der Waals surface area contributed by atoms with Crippen molar-refractivity contribution in [3.05, 3.63) is 0 Å². The highest BCUT2D eigenvalue weighted by Crippen LogP contribution is 2.16. The summed E-state index contributed by atoms with van der Waals surface area (Å²) in [5, 5.41) is 3.22. The van der Waals surface area contributed by atoms with Crippen molar-refractivity contribution in [1.82, 2.24) is 10.2 Å². The SMILES string of the molecule is CC.CC.CN1CC2NCC1O2. The van der Waals surface area contributed by atoms with E-state index < -0.39 is 0 Å². The van der Waals surface area contributed by atoms with E-state index in [9.17, 15) is 0 Å². The summed E-state index contributed by atoms with van der Waals surface area (Å²) in [6, 6.07) is 0. The lowest BCUT2D eigenvalue weighted by molar-refractivity contribution is 0.0640. The Balaban J connectivity index is 0.000000269. The zero-order valence-corrected chi connectivity index (χ0v) is 8.92. The van der Waals surface area contributed by atoms with Gasteiger partial charge in [-0.3, -0.25) is 10.2 Å². The van der Waals surface area contributed by atoms with Crippen LogP contribution in [0.5, 0.6) is 0 Å². The number of likely N-dealkylation sites (N-methyl/N-ethyl adjacent to an activating group) is 1. The standard InChI is InChI=1S/C5H10N2O.2C2H6/c1-7-3-4-6-2-5(7)8-4;2*1-2/h4-6H,2-3H2,1H3;2*1-2H3. The zero-order chi connectivity index (χ0) is 9.56. The lowest BCUT2D eigenvalue weighted by Crippen LogP contribution is -2.41. The molecule has 3 nitrogen and oxygen atoms in total. The first-order chi connectivity index (χ1) is 5.86. The molecular formula is C9H22N2O. The van der Waals surface area contributed by atoms with E-state index in [1.54, 1.807) is 0 Å². The van der Waals surface area contributed by atoms with Crippen molar-refractivity contribution < 1.29 is 4.74 Å². The topological polar surface area (TPSA) is 24.5 Å². The number of nitrogens with one attached hydrogen (secondary N) is 1. The van der Waals surface area contributed by atoms with Crippen molar-refractivity contribution in [3.8, 4) is 0 Å². The molecule has 2 fully saturated rings. The van der Waals surface area contributed by atoms with E-state index in [4.69, 9.17) is 4.74 Å². The summed E-state index contributed by atoms with van der Waals surface area (Å²) >= 11 is 0. The highest BCUT2D eigenvalue weighted by Gasteiger charge is 2.35. The molecule has 0 saturated carbocycles. The molecule has 0 aromatic carbocycles. The summed E-state index contributed by atoms with van der Waals surface area (Å²) < 4.78 is 5.40. The van der Waals surface area contributed by atoms with Gasteiger partial charge in [-0.2, -0.15) is 0 Å². The molecule has 74 valence electrons. The summed E-state index contributed by atoms with van der Waals surface area (Å²) in [6.45, 7) is 10.0. The quantitative estimate of drug-likeness (QED) is 0.598. The summed E-state index contributed by atoms with van der Waals surface area (Å²) in [4.78, 5) is 2.22. The second-order valence-electron chi connectivity index (χ2n) is 2.43. The van der Waals surface area contributed by atoms with Crippen molar-refractivity contribution in [2.24, 2.45) is 0 Å². The lowest BCUT2D eigenvalue weighted by atomic mass is 10.4. The van der Waals surface area contributed by atoms with Gasteiger partial charge in [0.05, 0.1) is 0 Å². The van der Waals surface area contributed by atoms with Crippen LogP contribution in [0.15, 0.2) is 0 Å². The zero-order valence-electron chi connectivity index (χ0n) is 8.92. The maximum Gasteiger partial charge on any atom is 0.125 e. The molecule has 1 N–H and O–H groups in total. The molecule has 0 aromatic heterocycles. The van der Waals surface area contributed by atoms with Crippen LogP contribution in [0, 0.1) is 0 Å². The van der Waals surface area contributed by atoms with E-state index in [1.807, 2.05) is 27.7 Å². The molecule has 2 atom stereocenters. The molecule has 0 aromatic rings. The lowest BCUT2D eigenvalue weighted by Gasteiger charge is -2.17. The summed E-state index contributed by atoms with van der Waals surface area (Å²) in [5.41, 5.74) is 0. The molecule has 2 saturated heterocycles. The van der Waals surface area contributed by atoms with E-state index >= 15 is 0 Å². The van der Waals surface area contributed by atoms with E-state index in [-0.39, 0.29) is 0 Å². The number of fused-ring (bicyclic) bond motifs is 2. The van der Waals surface area contributed by atoms with Crippen LogP contribution in [0.3, 0.4) is 0 Å². The molecule has 0 radical (unpaired) electrons. The fraction of sp³-hybridized carbons (Fsp3) is 1.00. The highest BCUT2D eigenvalue weighted by molar-refractivity contribution is 4.82. The van der Waals surface area contributed by atoms with Crippen LogP contribution in [0.4, 0.5) is 0 Å². The van der Waals surface area contributed by atoms with Crippen LogP contribution in [-0.2, 0) is 4.74 Å². The van der Waals surface area contributed by atoms with Crippen LogP contribution in [0.1, 0.15) is 27.7 Å². The van der Waals surface area contributed by atoms with Gasteiger partial charge in [0.1, 0.15) is 12.5 Å². The molecule has 2 aliphatic rings. The summed E-state index contributed by atoms with van der Waals surface area (Å²) in [7, 11) is 2.09. The van der Waals surface area contributed by atoms with Gasteiger partial charge in [0, 0.05) is 13.1 Å². The molecule has 0 aliphatic carbocycles. The number of piperazine rings is 1. The Hall–Kier alpha value is -0.120. The van der Waals surface area contributed by atoms with Gasteiger partial charge in [0.15, 0.2) is 0 Å². The number of nitrogens with zero attached hydrogens (tertiary/aromatic N) is 1. The predicted octanol–water partition coefficient (Wildman–Crippen LogP) is 1.26. The van der Waals surface area contributed by atoms with E-state index in [0.717, 1.165) is 13.1 Å². The van der Waals surface area contributed by atoms with Crippen LogP contribution in [0.2, 0.25) is 0 Å². The third-order valence-corrected chi connectivity index (χ3v) is 1.79. The Bertz CT molecular complexity index is 107. The molecule has 2 rings (SSSR count). The second-order valence-corrected chi connectivity index (χ2v) is 2.43. The molecule has 2 unspecified atom stereocenters. The first-order valence-corrected chi connectivity index (χ1v) is 4.95. The Morgan fingerprint density at radius 1 is 1.25 bits per heavy atom. The number of hydrogen-bond acceptors (Lipinski definition) is 3. The first kappa shape index (κ1) is 11.9. The number of rotatable bonds is 0. The third-order valence-electron chi connectivity index (χ3n) is 1.79. The molecule has 2 bridgehead atoms. The average molecular weight is 174 g/mol. The third kappa shape index (κ3) is 2.73. The van der Waals surface area contributed by atoms with Crippen LogP contribution < -0.4 is 5.32 Å². The van der Waals surface area contributed by atoms with Crippen molar-refractivity contribution in [3.63, 3.8) is 0 Å². The molecule has 2 aliphatic heterocycles. The van der Waals surface area contributed by atoms with Crippen molar-refractivity contribution in [1.29, 1.82) is 0 Å². The van der Waals surface area contributed by atoms with Gasteiger partial charge in [-0.05, 0) is 7.05 Å². The molecule has 3 heteroatoms. The summed E-state index contributed by atoms with van der Waals surface area (Å²) in [6.07, 6.45) is 0.685. The smallest absolute Gasteiger partial charge is 0.125 e. The predicted molar refractivity (Wildman–Crippen MR) is 52.0 cm³/mol. The van der Waals surface area contributed by atoms with Crippen molar-refractivity contribution >= 4 is 0 Å². The van der Waals surface area contributed by atoms with Crippen LogP contribution in [-0.4, -0.2) is 37.5 Å². The minimum atomic E-state index is 0.324. The Morgan fingerprint density at radius 3 is 2.00 bits per heavy atom. The van der Waals surface area contributed by atoms with Gasteiger partial charge >= 0.3 is 0 Å². The van der Waals surface area contributed by atoms with Crippen molar-refractivity contribution in [2.45, 2.75) is 40.2 Å². The monoisotopic (exact) mass is 174 g/mol. The second kappa shape index (κ2) is 6.40. The largest absolute Gasteiger partial charge is 0.342 e. The Morgan fingerprint density at radius 2 is 1.83 bits per heavy atom. The summed E-state index contributed by atoms with van der Waals surface area (Å²) in [5.74, 6) is 0. The van der Waals surface area contributed by atoms with Gasteiger partial charge in [-0.25, -0.2) is 0 Å². The van der Waals surface area contributed by atoms with E-state index in [0.29, 0.717) is 12.5 Å². The maximum absolute atomic E-state index is 5.40. The molecular weight excluding hydrogens is 152 g/mol. The maximum atomic E-state index is 5.40. The van der Waals surface area contributed by atoms with Crippen LogP contribution >= 0.6 is 0 Å². The van der Waals surface area contributed by atoms with Gasteiger partial charge < -0.3 is 4.74 Å². The number of hydrogen-bond donors (Lipinski definition) is 1. The number of ether oxygens (including phenoxy) is 1. The van der Waals surface area contributed by atoms with Crippen LogP contribution in [0.25, 0.3) is 0 Å². The fourth-order valence-electron chi connectivity index (χ4n) is 1.26. The van der Waals surface area contributed by atoms with Gasteiger partial charge in [0.2, 0.25) is 0 Å². The Kier molecular flexibility index (Phi) is 6.34. The highest BCUT2D eigenvalue weighted by atomic mass is 16.5. The van der Waals surface area contributed by atoms with Gasteiger partial charge in [-0.15, -0.1) is 0 Å². The average Bonchev–Trinajstić information content (AvgIpc) is 2.72.